The highest BCUT2D eigenvalue weighted by molar-refractivity contribution is 7.92. The molecule has 0 saturated carbocycles. The van der Waals surface area contributed by atoms with Gasteiger partial charge in [-0.3, -0.25) is 9.52 Å². The van der Waals surface area contributed by atoms with Crippen molar-refractivity contribution in [1.29, 1.82) is 0 Å². The standard InChI is InChI=1S/C10H11N5O4S/c16-9(17)4-5-20(18,19)13-8-3-1-2-7(6-8)10-11-14-15-12-10/h1-3,6,13H,4-5H2,(H,16,17)(H,11,12,14,15). The molecule has 2 aromatic rings. The number of benzene rings is 1. The number of aromatic nitrogens is 4. The lowest BCUT2D eigenvalue weighted by Crippen LogP contribution is -2.18. The Morgan fingerprint density at radius 1 is 1.40 bits per heavy atom. The van der Waals surface area contributed by atoms with Gasteiger partial charge in [0.2, 0.25) is 15.8 Å². The predicted octanol–water partition coefficient (Wildman–Crippen LogP) is 0.0831. The second-order valence-electron chi connectivity index (χ2n) is 3.88. The molecule has 0 aliphatic heterocycles. The zero-order chi connectivity index (χ0) is 14.6. The third kappa shape index (κ3) is 3.75. The Morgan fingerprint density at radius 2 is 2.20 bits per heavy atom. The third-order valence-corrected chi connectivity index (χ3v) is 3.61. The van der Waals surface area contributed by atoms with E-state index in [1.165, 1.54) is 6.07 Å². The molecular weight excluding hydrogens is 286 g/mol. The van der Waals surface area contributed by atoms with Crippen LogP contribution in [0.4, 0.5) is 5.69 Å². The zero-order valence-corrected chi connectivity index (χ0v) is 11.0. The fraction of sp³-hybridized carbons (Fsp3) is 0.200. The van der Waals surface area contributed by atoms with E-state index >= 15 is 0 Å². The Morgan fingerprint density at radius 3 is 2.85 bits per heavy atom. The molecule has 0 amide bonds. The summed E-state index contributed by atoms with van der Waals surface area (Å²) in [6.45, 7) is 0. The topological polar surface area (TPSA) is 138 Å². The normalized spacial score (nSPS) is 11.2. The van der Waals surface area contributed by atoms with Crippen LogP contribution in [0.2, 0.25) is 0 Å². The molecule has 0 bridgehead atoms. The fourth-order valence-electron chi connectivity index (χ4n) is 1.46. The van der Waals surface area contributed by atoms with E-state index in [0.29, 0.717) is 17.1 Å². The van der Waals surface area contributed by atoms with E-state index in [2.05, 4.69) is 25.3 Å². The van der Waals surface area contributed by atoms with Crippen molar-refractivity contribution < 1.29 is 18.3 Å². The number of H-pyrrole nitrogens is 1. The number of anilines is 1. The summed E-state index contributed by atoms with van der Waals surface area (Å²) in [6.07, 6.45) is -0.458. The summed E-state index contributed by atoms with van der Waals surface area (Å²) < 4.78 is 25.7. The Kier molecular flexibility index (Phi) is 3.94. The lowest BCUT2D eigenvalue weighted by Gasteiger charge is -2.07. The molecule has 0 aliphatic rings. The van der Waals surface area contributed by atoms with Crippen molar-refractivity contribution in [2.24, 2.45) is 0 Å². The van der Waals surface area contributed by atoms with Crippen LogP contribution < -0.4 is 4.72 Å². The van der Waals surface area contributed by atoms with Crippen LogP contribution in [0.5, 0.6) is 0 Å². The Bertz CT molecular complexity index is 698. The molecule has 1 heterocycles. The number of aliphatic carboxylic acids is 1. The number of nitrogens with zero attached hydrogens (tertiary/aromatic N) is 3. The van der Waals surface area contributed by atoms with Gasteiger partial charge in [-0.2, -0.15) is 5.21 Å². The number of carbonyl (C=O) groups is 1. The van der Waals surface area contributed by atoms with Gasteiger partial charge in [0.15, 0.2) is 0 Å². The molecule has 0 radical (unpaired) electrons. The molecule has 106 valence electrons. The molecule has 9 nitrogen and oxygen atoms in total. The summed E-state index contributed by atoms with van der Waals surface area (Å²) in [7, 11) is -3.71. The quantitative estimate of drug-likeness (QED) is 0.686. The predicted molar refractivity (Wildman–Crippen MR) is 69.3 cm³/mol. The van der Waals surface area contributed by atoms with Gasteiger partial charge < -0.3 is 5.11 Å². The van der Waals surface area contributed by atoms with Crippen molar-refractivity contribution in [3.8, 4) is 11.4 Å². The van der Waals surface area contributed by atoms with Crippen LogP contribution in [0.15, 0.2) is 24.3 Å². The minimum absolute atomic E-state index is 0.303. The van der Waals surface area contributed by atoms with Gasteiger partial charge >= 0.3 is 5.97 Å². The first kappa shape index (κ1) is 13.9. The molecular formula is C10H11N5O4S. The minimum atomic E-state index is -3.71. The van der Waals surface area contributed by atoms with Crippen LogP contribution in [-0.4, -0.2) is 45.9 Å². The monoisotopic (exact) mass is 297 g/mol. The summed E-state index contributed by atoms with van der Waals surface area (Å²) >= 11 is 0. The maximum atomic E-state index is 11.7. The van der Waals surface area contributed by atoms with Crippen molar-refractivity contribution in [3.05, 3.63) is 24.3 Å². The van der Waals surface area contributed by atoms with Crippen molar-refractivity contribution in [1.82, 2.24) is 20.6 Å². The second-order valence-corrected chi connectivity index (χ2v) is 5.72. The van der Waals surface area contributed by atoms with Gasteiger partial charge in [-0.05, 0) is 17.3 Å². The molecule has 0 spiro atoms. The number of carboxylic acid groups (broad SMARTS) is 1. The molecule has 0 aliphatic carbocycles. The van der Waals surface area contributed by atoms with Crippen LogP contribution in [0, 0.1) is 0 Å². The van der Waals surface area contributed by atoms with Gasteiger partial charge in [0.05, 0.1) is 12.2 Å². The zero-order valence-electron chi connectivity index (χ0n) is 10.1. The first-order valence-electron chi connectivity index (χ1n) is 5.52. The van der Waals surface area contributed by atoms with E-state index in [0.717, 1.165) is 0 Å². The van der Waals surface area contributed by atoms with Crippen molar-refractivity contribution in [2.45, 2.75) is 6.42 Å². The van der Waals surface area contributed by atoms with Crippen molar-refractivity contribution in [3.63, 3.8) is 0 Å². The summed E-state index contributed by atoms with van der Waals surface area (Å²) in [5.74, 6) is -1.33. The smallest absolute Gasteiger partial charge is 0.304 e. The van der Waals surface area contributed by atoms with E-state index in [-0.39, 0.29) is 0 Å². The van der Waals surface area contributed by atoms with Crippen LogP contribution in [0.3, 0.4) is 0 Å². The summed E-state index contributed by atoms with van der Waals surface area (Å²) in [5.41, 5.74) is 0.884. The third-order valence-electron chi connectivity index (χ3n) is 2.32. The van der Waals surface area contributed by atoms with E-state index in [1.54, 1.807) is 18.2 Å². The minimum Gasteiger partial charge on any atom is -0.481 e. The molecule has 0 atom stereocenters. The van der Waals surface area contributed by atoms with Crippen LogP contribution in [-0.2, 0) is 14.8 Å². The van der Waals surface area contributed by atoms with Crippen molar-refractivity contribution in [2.75, 3.05) is 10.5 Å². The number of tetrazole rings is 1. The SMILES string of the molecule is O=C(O)CCS(=O)(=O)Nc1cccc(-c2nn[nH]n2)c1. The summed E-state index contributed by atoms with van der Waals surface area (Å²) in [4.78, 5) is 10.4. The largest absolute Gasteiger partial charge is 0.481 e. The molecule has 0 fully saturated rings. The number of nitrogens with one attached hydrogen (secondary N) is 2. The van der Waals surface area contributed by atoms with Crippen LogP contribution >= 0.6 is 0 Å². The molecule has 1 aromatic heterocycles. The molecule has 2 rings (SSSR count). The molecule has 1 aromatic carbocycles. The first-order chi connectivity index (χ1) is 9.46. The number of hydrogen-bond donors (Lipinski definition) is 3. The second kappa shape index (κ2) is 5.65. The van der Waals surface area contributed by atoms with Gasteiger partial charge in [0, 0.05) is 11.3 Å². The summed E-state index contributed by atoms with van der Waals surface area (Å²) in [5, 5.41) is 21.8. The molecule has 20 heavy (non-hydrogen) atoms. The van der Waals surface area contributed by atoms with Crippen LogP contribution in [0.25, 0.3) is 11.4 Å². The number of carboxylic acids is 1. The lowest BCUT2D eigenvalue weighted by molar-refractivity contribution is -0.136. The van der Waals surface area contributed by atoms with Gasteiger partial charge in [0.1, 0.15) is 0 Å². The Hall–Kier alpha value is -2.49. The van der Waals surface area contributed by atoms with Gasteiger partial charge in [-0.25, -0.2) is 8.42 Å². The van der Waals surface area contributed by atoms with E-state index in [9.17, 15) is 13.2 Å². The highest BCUT2D eigenvalue weighted by Gasteiger charge is 2.13. The first-order valence-corrected chi connectivity index (χ1v) is 7.18. The van der Waals surface area contributed by atoms with Crippen LogP contribution in [0.1, 0.15) is 6.42 Å². The lowest BCUT2D eigenvalue weighted by atomic mass is 10.2. The van der Waals surface area contributed by atoms with Gasteiger partial charge in [-0.1, -0.05) is 12.1 Å². The van der Waals surface area contributed by atoms with E-state index in [4.69, 9.17) is 5.11 Å². The summed E-state index contributed by atoms with van der Waals surface area (Å²) in [6, 6.07) is 6.39. The number of sulfonamides is 1. The number of rotatable bonds is 6. The van der Waals surface area contributed by atoms with E-state index < -0.39 is 28.2 Å². The van der Waals surface area contributed by atoms with Crippen molar-refractivity contribution >= 4 is 21.7 Å². The maximum Gasteiger partial charge on any atom is 0.304 e. The maximum absolute atomic E-state index is 11.7. The average Bonchev–Trinajstić information content (AvgIpc) is 2.90. The highest BCUT2D eigenvalue weighted by atomic mass is 32.2. The molecule has 0 saturated heterocycles. The average molecular weight is 297 g/mol. The highest BCUT2D eigenvalue weighted by Crippen LogP contribution is 2.19. The molecule has 10 heteroatoms. The number of aromatic amines is 1. The Balaban J connectivity index is 2.14. The number of hydrogen-bond acceptors (Lipinski definition) is 6. The van der Waals surface area contributed by atoms with E-state index in [1.807, 2.05) is 0 Å². The molecule has 0 unspecified atom stereocenters. The fourth-order valence-corrected chi connectivity index (χ4v) is 2.49. The Labute approximate surface area is 114 Å². The van der Waals surface area contributed by atoms with Gasteiger partial charge in [0.25, 0.3) is 0 Å². The molecule has 3 N–H and O–H groups in total. The van der Waals surface area contributed by atoms with Gasteiger partial charge in [-0.15, -0.1) is 10.2 Å².